The molecule has 5 heteroatoms. The molecule has 5 nitrogen and oxygen atoms in total. The van der Waals surface area contributed by atoms with Crippen LogP contribution in [0.4, 0.5) is 4.79 Å². The Balaban J connectivity index is 4.86. The van der Waals surface area contributed by atoms with Gasteiger partial charge in [0.1, 0.15) is 0 Å². The van der Waals surface area contributed by atoms with Crippen LogP contribution in [0.2, 0.25) is 0 Å². The highest BCUT2D eigenvalue weighted by Crippen LogP contribution is 2.19. The van der Waals surface area contributed by atoms with E-state index in [9.17, 15) is 9.59 Å². The fourth-order valence-electron chi connectivity index (χ4n) is 1.91. The van der Waals surface area contributed by atoms with Crippen LogP contribution in [0.1, 0.15) is 48.0 Å². The van der Waals surface area contributed by atoms with E-state index in [-0.39, 0.29) is 24.4 Å². The molecule has 0 rings (SSSR count). The van der Waals surface area contributed by atoms with Gasteiger partial charge in [-0.15, -0.1) is 0 Å². The lowest BCUT2D eigenvalue weighted by atomic mass is 9.96. The summed E-state index contributed by atoms with van der Waals surface area (Å²) in [6.45, 7) is 12.8. The molecule has 2 amide bonds. The largest absolute Gasteiger partial charge is 0.481 e. The Hall–Kier alpha value is -1.26. The average molecular weight is 272 g/mol. The van der Waals surface area contributed by atoms with Gasteiger partial charge in [0.2, 0.25) is 0 Å². The fourth-order valence-corrected chi connectivity index (χ4v) is 1.91. The van der Waals surface area contributed by atoms with Crippen molar-refractivity contribution >= 4 is 12.0 Å². The van der Waals surface area contributed by atoms with E-state index in [0.717, 1.165) is 0 Å². The van der Waals surface area contributed by atoms with Gasteiger partial charge in [0.05, 0.1) is 6.42 Å². The molecule has 0 radical (unpaired) electrons. The van der Waals surface area contributed by atoms with Crippen LogP contribution in [0.15, 0.2) is 0 Å². The molecule has 0 aliphatic heterocycles. The van der Waals surface area contributed by atoms with Crippen LogP contribution in [0.5, 0.6) is 0 Å². The third-order valence-corrected chi connectivity index (χ3v) is 2.63. The number of hydrogen-bond acceptors (Lipinski definition) is 2. The summed E-state index contributed by atoms with van der Waals surface area (Å²) in [7, 11) is 1.76. The number of rotatable bonds is 4. The molecular formula is C14H28N2O3. The van der Waals surface area contributed by atoms with Crippen LogP contribution in [0.25, 0.3) is 0 Å². The Morgan fingerprint density at radius 2 is 1.53 bits per heavy atom. The van der Waals surface area contributed by atoms with E-state index in [1.807, 2.05) is 20.8 Å². The molecule has 0 aromatic rings. The van der Waals surface area contributed by atoms with Crippen molar-refractivity contribution in [3.63, 3.8) is 0 Å². The minimum Gasteiger partial charge on any atom is -0.481 e. The summed E-state index contributed by atoms with van der Waals surface area (Å²) in [5.74, 6) is -0.888. The average Bonchev–Trinajstić information content (AvgIpc) is 2.11. The molecular weight excluding hydrogens is 244 g/mol. The van der Waals surface area contributed by atoms with Crippen molar-refractivity contribution in [1.29, 1.82) is 0 Å². The number of carbonyl (C=O) groups excluding carboxylic acids is 1. The zero-order chi connectivity index (χ0) is 15.4. The lowest BCUT2D eigenvalue weighted by Gasteiger charge is -2.39. The molecule has 0 aliphatic carbocycles. The maximum absolute atomic E-state index is 12.4. The van der Waals surface area contributed by atoms with E-state index in [1.165, 1.54) is 0 Å². The Labute approximate surface area is 116 Å². The number of amides is 2. The van der Waals surface area contributed by atoms with Crippen molar-refractivity contribution in [2.75, 3.05) is 20.1 Å². The quantitative estimate of drug-likeness (QED) is 0.856. The molecule has 0 spiro atoms. The molecule has 19 heavy (non-hydrogen) atoms. The normalized spacial score (nSPS) is 12.2. The van der Waals surface area contributed by atoms with Crippen LogP contribution in [0, 0.1) is 5.41 Å². The molecule has 0 aliphatic rings. The summed E-state index contributed by atoms with van der Waals surface area (Å²) in [6.07, 6.45) is -0.0353. The summed E-state index contributed by atoms with van der Waals surface area (Å²) in [4.78, 5) is 26.4. The molecule has 0 saturated carbocycles. The van der Waals surface area contributed by atoms with Crippen LogP contribution < -0.4 is 0 Å². The molecule has 0 bridgehead atoms. The zero-order valence-electron chi connectivity index (χ0n) is 13.3. The number of carboxylic acid groups (broad SMARTS) is 1. The van der Waals surface area contributed by atoms with Crippen LogP contribution >= 0.6 is 0 Å². The van der Waals surface area contributed by atoms with Gasteiger partial charge in [-0.05, 0) is 26.2 Å². The topological polar surface area (TPSA) is 60.9 Å². The predicted molar refractivity (Wildman–Crippen MR) is 76.2 cm³/mol. The summed E-state index contributed by atoms with van der Waals surface area (Å²) in [6, 6.07) is -0.122. The highest BCUT2D eigenvalue weighted by molar-refractivity contribution is 5.76. The summed E-state index contributed by atoms with van der Waals surface area (Å²) in [5, 5.41) is 8.78. The standard InChI is InChI=1S/C14H28N2O3/c1-13(2,3)10-15(7)12(19)16(14(4,5)6)9-8-11(17)18/h8-10H2,1-7H3,(H,17,18). The van der Waals surface area contributed by atoms with Gasteiger partial charge >= 0.3 is 12.0 Å². The van der Waals surface area contributed by atoms with E-state index < -0.39 is 11.5 Å². The molecule has 0 unspecified atom stereocenters. The van der Waals surface area contributed by atoms with E-state index in [1.54, 1.807) is 16.8 Å². The Kier molecular flexibility index (Phi) is 5.84. The van der Waals surface area contributed by atoms with Crippen molar-refractivity contribution in [2.24, 2.45) is 5.41 Å². The second-order valence-electron chi connectivity index (χ2n) is 7.17. The molecule has 0 heterocycles. The highest BCUT2D eigenvalue weighted by Gasteiger charge is 2.30. The number of carboxylic acids is 1. The molecule has 0 fully saturated rings. The molecule has 0 aromatic carbocycles. The van der Waals surface area contributed by atoms with Crippen molar-refractivity contribution < 1.29 is 14.7 Å². The molecule has 112 valence electrons. The minimum atomic E-state index is -0.888. The maximum atomic E-state index is 12.4. The van der Waals surface area contributed by atoms with Gasteiger partial charge in [-0.2, -0.15) is 0 Å². The van der Waals surface area contributed by atoms with E-state index in [2.05, 4.69) is 20.8 Å². The Morgan fingerprint density at radius 3 is 1.84 bits per heavy atom. The Bertz CT molecular complexity index is 327. The molecule has 0 aromatic heterocycles. The first kappa shape index (κ1) is 17.7. The lowest BCUT2D eigenvalue weighted by molar-refractivity contribution is -0.137. The summed E-state index contributed by atoms with van der Waals surface area (Å²) in [5.41, 5.74) is -0.376. The van der Waals surface area contributed by atoms with Gasteiger partial charge in [-0.25, -0.2) is 4.79 Å². The summed E-state index contributed by atoms with van der Waals surface area (Å²) >= 11 is 0. The highest BCUT2D eigenvalue weighted by atomic mass is 16.4. The van der Waals surface area contributed by atoms with Gasteiger partial charge < -0.3 is 14.9 Å². The first-order chi connectivity index (χ1) is 8.34. The third kappa shape index (κ3) is 7.03. The smallest absolute Gasteiger partial charge is 0.320 e. The SMILES string of the molecule is CN(CC(C)(C)C)C(=O)N(CCC(=O)O)C(C)(C)C. The second kappa shape index (κ2) is 6.26. The van der Waals surface area contributed by atoms with Gasteiger partial charge in [0.15, 0.2) is 0 Å². The number of aliphatic carboxylic acids is 1. The molecule has 0 atom stereocenters. The van der Waals surface area contributed by atoms with E-state index in [0.29, 0.717) is 6.54 Å². The minimum absolute atomic E-state index is 0.0146. The van der Waals surface area contributed by atoms with Crippen LogP contribution in [0.3, 0.4) is 0 Å². The molecule has 1 N–H and O–H groups in total. The van der Waals surface area contributed by atoms with Gasteiger partial charge in [-0.1, -0.05) is 20.8 Å². The second-order valence-corrected chi connectivity index (χ2v) is 7.17. The van der Waals surface area contributed by atoms with Gasteiger partial charge in [0.25, 0.3) is 0 Å². The first-order valence-corrected chi connectivity index (χ1v) is 6.59. The predicted octanol–water partition coefficient (Wildman–Crippen LogP) is 2.66. The first-order valence-electron chi connectivity index (χ1n) is 6.59. The van der Waals surface area contributed by atoms with Crippen LogP contribution in [-0.4, -0.2) is 52.6 Å². The number of urea groups is 1. The summed E-state index contributed by atoms with van der Waals surface area (Å²) < 4.78 is 0. The lowest BCUT2D eigenvalue weighted by Crippen LogP contribution is -2.52. The zero-order valence-corrected chi connectivity index (χ0v) is 13.3. The van der Waals surface area contributed by atoms with Crippen molar-refractivity contribution in [3.05, 3.63) is 0 Å². The van der Waals surface area contributed by atoms with Crippen molar-refractivity contribution in [1.82, 2.24) is 9.80 Å². The number of carbonyl (C=O) groups is 2. The fraction of sp³-hybridized carbons (Fsp3) is 0.857. The monoisotopic (exact) mass is 272 g/mol. The van der Waals surface area contributed by atoms with E-state index in [4.69, 9.17) is 5.11 Å². The van der Waals surface area contributed by atoms with Gasteiger partial charge in [-0.3, -0.25) is 4.79 Å². The maximum Gasteiger partial charge on any atom is 0.320 e. The van der Waals surface area contributed by atoms with E-state index >= 15 is 0 Å². The van der Waals surface area contributed by atoms with Gasteiger partial charge in [0, 0.05) is 25.7 Å². The Morgan fingerprint density at radius 1 is 1.05 bits per heavy atom. The number of hydrogen-bond donors (Lipinski definition) is 1. The third-order valence-electron chi connectivity index (χ3n) is 2.63. The molecule has 0 saturated heterocycles. The number of nitrogens with zero attached hydrogens (tertiary/aromatic N) is 2. The van der Waals surface area contributed by atoms with Crippen molar-refractivity contribution in [2.45, 2.75) is 53.5 Å². The van der Waals surface area contributed by atoms with Crippen LogP contribution in [-0.2, 0) is 4.79 Å². The van der Waals surface area contributed by atoms with Crippen molar-refractivity contribution in [3.8, 4) is 0 Å².